The molecule has 1 aliphatic heterocycles. The molecule has 0 amide bonds. The minimum absolute atomic E-state index is 0.0924. The predicted molar refractivity (Wildman–Crippen MR) is 89.6 cm³/mol. The van der Waals surface area contributed by atoms with Crippen LogP contribution >= 0.6 is 0 Å². The standard InChI is InChI=1S/C16H31N3O4/c1-16(2,3)23-14(20)10-19-15(17-4)18-7-5-8-21-11-13-6-9-22-12-13/h13H,5-12H2,1-4H3,(H2,17,18,19). The highest BCUT2D eigenvalue weighted by Gasteiger charge is 2.16. The number of carbonyl (C=O) groups excluding carboxylic acids is 1. The van der Waals surface area contributed by atoms with Gasteiger partial charge in [0.1, 0.15) is 12.1 Å². The zero-order chi connectivity index (χ0) is 17.1. The fourth-order valence-corrected chi connectivity index (χ4v) is 2.10. The van der Waals surface area contributed by atoms with E-state index < -0.39 is 5.60 Å². The van der Waals surface area contributed by atoms with E-state index in [4.69, 9.17) is 14.2 Å². The lowest BCUT2D eigenvalue weighted by Crippen LogP contribution is -2.42. The maximum Gasteiger partial charge on any atom is 0.325 e. The van der Waals surface area contributed by atoms with Crippen molar-refractivity contribution < 1.29 is 19.0 Å². The fraction of sp³-hybridized carbons (Fsp3) is 0.875. The molecule has 1 atom stereocenters. The minimum atomic E-state index is -0.475. The highest BCUT2D eigenvalue weighted by atomic mass is 16.6. The smallest absolute Gasteiger partial charge is 0.325 e. The Bertz CT molecular complexity index is 374. The van der Waals surface area contributed by atoms with Crippen LogP contribution < -0.4 is 10.6 Å². The minimum Gasteiger partial charge on any atom is -0.459 e. The number of hydrogen-bond donors (Lipinski definition) is 2. The van der Waals surface area contributed by atoms with Crippen LogP contribution in [0, 0.1) is 5.92 Å². The van der Waals surface area contributed by atoms with Crippen molar-refractivity contribution in [2.24, 2.45) is 10.9 Å². The molecular formula is C16H31N3O4. The van der Waals surface area contributed by atoms with E-state index >= 15 is 0 Å². The Labute approximate surface area is 139 Å². The lowest BCUT2D eigenvalue weighted by Gasteiger charge is -2.20. The molecule has 0 spiro atoms. The van der Waals surface area contributed by atoms with Crippen molar-refractivity contribution in [3.05, 3.63) is 0 Å². The quantitative estimate of drug-likeness (QED) is 0.298. The molecule has 7 heteroatoms. The second-order valence-corrected chi connectivity index (χ2v) is 6.60. The molecule has 0 bridgehead atoms. The molecule has 1 fully saturated rings. The highest BCUT2D eigenvalue weighted by molar-refractivity contribution is 5.84. The van der Waals surface area contributed by atoms with Crippen molar-refractivity contribution in [3.63, 3.8) is 0 Å². The Morgan fingerprint density at radius 1 is 1.35 bits per heavy atom. The number of carbonyl (C=O) groups is 1. The molecule has 0 aromatic carbocycles. The van der Waals surface area contributed by atoms with E-state index in [2.05, 4.69) is 15.6 Å². The molecule has 0 radical (unpaired) electrons. The molecule has 134 valence electrons. The summed E-state index contributed by atoms with van der Waals surface area (Å²) in [6.45, 7) is 9.50. The summed E-state index contributed by atoms with van der Waals surface area (Å²) >= 11 is 0. The van der Waals surface area contributed by atoms with Crippen molar-refractivity contribution in [1.82, 2.24) is 10.6 Å². The largest absolute Gasteiger partial charge is 0.459 e. The number of ether oxygens (including phenoxy) is 3. The first-order chi connectivity index (χ1) is 10.9. The molecule has 1 aliphatic rings. The summed E-state index contributed by atoms with van der Waals surface area (Å²) in [6, 6.07) is 0. The van der Waals surface area contributed by atoms with Gasteiger partial charge >= 0.3 is 5.97 Å². The van der Waals surface area contributed by atoms with Crippen LogP contribution in [-0.2, 0) is 19.0 Å². The molecule has 1 saturated heterocycles. The summed E-state index contributed by atoms with van der Waals surface area (Å²) < 4.78 is 16.2. The monoisotopic (exact) mass is 329 g/mol. The molecule has 0 aromatic heterocycles. The number of nitrogens with zero attached hydrogens (tertiary/aromatic N) is 1. The van der Waals surface area contributed by atoms with Gasteiger partial charge in [-0.3, -0.25) is 9.79 Å². The number of guanidine groups is 1. The van der Waals surface area contributed by atoms with E-state index in [0.29, 0.717) is 18.5 Å². The Balaban J connectivity index is 2.03. The summed E-state index contributed by atoms with van der Waals surface area (Å²) in [5, 5.41) is 6.08. The van der Waals surface area contributed by atoms with Crippen LogP contribution in [-0.4, -0.2) is 64.1 Å². The van der Waals surface area contributed by atoms with Crippen LogP contribution in [0.1, 0.15) is 33.6 Å². The maximum atomic E-state index is 11.6. The van der Waals surface area contributed by atoms with Crippen LogP contribution in [0.2, 0.25) is 0 Å². The van der Waals surface area contributed by atoms with Crippen LogP contribution in [0.5, 0.6) is 0 Å². The van der Waals surface area contributed by atoms with Gasteiger partial charge in [0.15, 0.2) is 5.96 Å². The first-order valence-corrected chi connectivity index (χ1v) is 8.22. The molecule has 0 aliphatic carbocycles. The topological polar surface area (TPSA) is 81.2 Å². The van der Waals surface area contributed by atoms with Crippen LogP contribution in [0.3, 0.4) is 0 Å². The van der Waals surface area contributed by atoms with Crippen molar-refractivity contribution in [3.8, 4) is 0 Å². The lowest BCUT2D eigenvalue weighted by molar-refractivity contribution is -0.153. The Morgan fingerprint density at radius 2 is 2.13 bits per heavy atom. The van der Waals surface area contributed by atoms with Gasteiger partial charge < -0.3 is 24.8 Å². The van der Waals surface area contributed by atoms with Gasteiger partial charge in [0.25, 0.3) is 0 Å². The summed E-state index contributed by atoms with van der Waals surface area (Å²) in [5.41, 5.74) is -0.475. The van der Waals surface area contributed by atoms with Gasteiger partial charge in [0, 0.05) is 32.7 Å². The first-order valence-electron chi connectivity index (χ1n) is 8.22. The Morgan fingerprint density at radius 3 is 2.74 bits per heavy atom. The third kappa shape index (κ3) is 10.1. The van der Waals surface area contributed by atoms with Crippen molar-refractivity contribution in [2.75, 3.05) is 46.6 Å². The van der Waals surface area contributed by atoms with E-state index in [1.807, 2.05) is 20.8 Å². The second-order valence-electron chi connectivity index (χ2n) is 6.60. The highest BCUT2D eigenvalue weighted by Crippen LogP contribution is 2.12. The van der Waals surface area contributed by atoms with Gasteiger partial charge in [0.2, 0.25) is 0 Å². The molecule has 0 aromatic rings. The van der Waals surface area contributed by atoms with Gasteiger partial charge in [-0.2, -0.15) is 0 Å². The summed E-state index contributed by atoms with van der Waals surface area (Å²) in [5.74, 6) is 0.828. The predicted octanol–water partition coefficient (Wildman–Crippen LogP) is 0.936. The number of rotatable bonds is 8. The lowest BCUT2D eigenvalue weighted by atomic mass is 10.1. The molecule has 23 heavy (non-hydrogen) atoms. The molecule has 0 saturated carbocycles. The average Bonchev–Trinajstić information content (AvgIpc) is 2.97. The van der Waals surface area contributed by atoms with Gasteiger partial charge in [-0.1, -0.05) is 0 Å². The van der Waals surface area contributed by atoms with Crippen LogP contribution in [0.25, 0.3) is 0 Å². The van der Waals surface area contributed by atoms with E-state index in [1.54, 1.807) is 7.05 Å². The van der Waals surface area contributed by atoms with Gasteiger partial charge in [-0.05, 0) is 33.6 Å². The Hall–Kier alpha value is -1.34. The average molecular weight is 329 g/mol. The third-order valence-electron chi connectivity index (χ3n) is 3.18. The number of nitrogens with one attached hydrogen (secondary N) is 2. The van der Waals surface area contributed by atoms with Gasteiger partial charge in [-0.15, -0.1) is 0 Å². The third-order valence-corrected chi connectivity index (χ3v) is 3.18. The normalized spacial score (nSPS) is 18.8. The van der Waals surface area contributed by atoms with Crippen molar-refractivity contribution in [1.29, 1.82) is 0 Å². The van der Waals surface area contributed by atoms with Gasteiger partial charge in [0.05, 0.1) is 13.2 Å². The molecule has 2 N–H and O–H groups in total. The van der Waals surface area contributed by atoms with E-state index in [0.717, 1.165) is 39.2 Å². The number of aliphatic imine (C=N–C) groups is 1. The molecule has 1 heterocycles. The maximum absolute atomic E-state index is 11.6. The van der Waals surface area contributed by atoms with Crippen LogP contribution in [0.15, 0.2) is 4.99 Å². The van der Waals surface area contributed by atoms with Crippen molar-refractivity contribution >= 4 is 11.9 Å². The number of hydrogen-bond acceptors (Lipinski definition) is 5. The van der Waals surface area contributed by atoms with E-state index in [1.165, 1.54) is 0 Å². The summed E-state index contributed by atoms with van der Waals surface area (Å²) in [6.07, 6.45) is 1.97. The second kappa shape index (κ2) is 10.4. The number of esters is 1. The summed E-state index contributed by atoms with van der Waals surface area (Å²) in [7, 11) is 1.67. The molecule has 1 unspecified atom stereocenters. The molecule has 7 nitrogen and oxygen atoms in total. The van der Waals surface area contributed by atoms with E-state index in [-0.39, 0.29) is 12.5 Å². The molecule has 1 rings (SSSR count). The zero-order valence-electron chi connectivity index (χ0n) is 14.8. The summed E-state index contributed by atoms with van der Waals surface area (Å²) in [4.78, 5) is 15.7. The van der Waals surface area contributed by atoms with Crippen LogP contribution in [0.4, 0.5) is 0 Å². The fourth-order valence-electron chi connectivity index (χ4n) is 2.10. The zero-order valence-corrected chi connectivity index (χ0v) is 14.8. The van der Waals surface area contributed by atoms with Gasteiger partial charge in [-0.25, -0.2) is 0 Å². The first kappa shape index (κ1) is 19.7. The SMILES string of the molecule is CN=C(NCCCOCC1CCOC1)NCC(=O)OC(C)(C)C. The van der Waals surface area contributed by atoms with Crippen molar-refractivity contribution in [2.45, 2.75) is 39.2 Å². The molecular weight excluding hydrogens is 298 g/mol. The Kier molecular flexibility index (Phi) is 8.94. The van der Waals surface area contributed by atoms with E-state index in [9.17, 15) is 4.79 Å².